The van der Waals surface area contributed by atoms with Gasteiger partial charge >= 0.3 is 0 Å². The van der Waals surface area contributed by atoms with Crippen molar-refractivity contribution < 1.29 is 4.39 Å². The Hall–Kier alpha value is -1.58. The van der Waals surface area contributed by atoms with Gasteiger partial charge in [-0.1, -0.05) is 13.0 Å². The average Bonchev–Trinajstić information content (AvgIpc) is 2.62. The first-order valence-electron chi connectivity index (χ1n) is 5.52. The third kappa shape index (κ3) is 1.75. The molecular formula is C12H16FN3. The van der Waals surface area contributed by atoms with Gasteiger partial charge < -0.3 is 10.6 Å². The van der Waals surface area contributed by atoms with Crippen LogP contribution >= 0.6 is 0 Å². The van der Waals surface area contributed by atoms with Gasteiger partial charge in [0.2, 0.25) is 0 Å². The fraction of sp³-hybridized carbons (Fsp3) is 0.417. The Bertz CT molecular complexity index is 417. The molecule has 1 aliphatic rings. The predicted molar refractivity (Wildman–Crippen MR) is 63.4 cm³/mol. The standard InChI is InChI=1S/C12H16FN3/c1-2-10(12(14)15)16-6-5-8-3-4-9(13)7-11(8)16/h3-4,7,10H,2,5-6H2,1H3,(H3,14,15). The number of halogens is 1. The summed E-state index contributed by atoms with van der Waals surface area (Å²) in [7, 11) is 0. The molecule has 0 fully saturated rings. The number of nitrogens with two attached hydrogens (primary N) is 1. The van der Waals surface area contributed by atoms with Gasteiger partial charge in [-0.15, -0.1) is 0 Å². The minimum absolute atomic E-state index is 0.108. The van der Waals surface area contributed by atoms with Crippen LogP contribution in [0.15, 0.2) is 18.2 Å². The van der Waals surface area contributed by atoms with Crippen LogP contribution in [-0.4, -0.2) is 18.4 Å². The average molecular weight is 221 g/mol. The van der Waals surface area contributed by atoms with Crippen molar-refractivity contribution in [3.05, 3.63) is 29.6 Å². The number of nitrogens with zero attached hydrogens (tertiary/aromatic N) is 1. The van der Waals surface area contributed by atoms with E-state index >= 15 is 0 Å². The van der Waals surface area contributed by atoms with Crippen LogP contribution in [-0.2, 0) is 6.42 Å². The molecule has 16 heavy (non-hydrogen) atoms. The summed E-state index contributed by atoms with van der Waals surface area (Å²) >= 11 is 0. The molecule has 0 amide bonds. The Balaban J connectivity index is 2.35. The number of rotatable bonds is 3. The first-order chi connectivity index (χ1) is 7.63. The van der Waals surface area contributed by atoms with Crippen LogP contribution < -0.4 is 10.6 Å². The molecule has 0 aromatic heterocycles. The minimum atomic E-state index is -0.232. The maximum atomic E-state index is 13.2. The molecule has 0 saturated carbocycles. The van der Waals surface area contributed by atoms with Gasteiger partial charge in [-0.25, -0.2) is 4.39 Å². The summed E-state index contributed by atoms with van der Waals surface area (Å²) in [6.07, 6.45) is 1.67. The molecule has 3 nitrogen and oxygen atoms in total. The lowest BCUT2D eigenvalue weighted by Gasteiger charge is -2.28. The van der Waals surface area contributed by atoms with E-state index in [1.807, 2.05) is 17.9 Å². The normalized spacial score (nSPS) is 16.0. The zero-order valence-corrected chi connectivity index (χ0v) is 9.33. The van der Waals surface area contributed by atoms with Gasteiger partial charge in [-0.05, 0) is 30.5 Å². The van der Waals surface area contributed by atoms with Crippen LogP contribution in [0.1, 0.15) is 18.9 Å². The number of fused-ring (bicyclic) bond motifs is 1. The highest BCUT2D eigenvalue weighted by Crippen LogP contribution is 2.30. The van der Waals surface area contributed by atoms with E-state index in [2.05, 4.69) is 0 Å². The Morgan fingerprint density at radius 1 is 1.62 bits per heavy atom. The van der Waals surface area contributed by atoms with E-state index in [4.69, 9.17) is 11.1 Å². The molecule has 1 aromatic carbocycles. The van der Waals surface area contributed by atoms with Crippen LogP contribution in [0.25, 0.3) is 0 Å². The van der Waals surface area contributed by atoms with Crippen LogP contribution in [0, 0.1) is 11.2 Å². The zero-order valence-electron chi connectivity index (χ0n) is 9.33. The van der Waals surface area contributed by atoms with Gasteiger partial charge in [0, 0.05) is 12.2 Å². The maximum absolute atomic E-state index is 13.2. The van der Waals surface area contributed by atoms with E-state index in [-0.39, 0.29) is 17.7 Å². The van der Waals surface area contributed by atoms with Gasteiger partial charge in [-0.2, -0.15) is 0 Å². The van der Waals surface area contributed by atoms with Crippen molar-refractivity contribution in [2.45, 2.75) is 25.8 Å². The van der Waals surface area contributed by atoms with Gasteiger partial charge in [0.15, 0.2) is 0 Å². The predicted octanol–water partition coefficient (Wildman–Crippen LogP) is 1.90. The van der Waals surface area contributed by atoms with Crippen molar-refractivity contribution in [1.82, 2.24) is 0 Å². The third-order valence-electron chi connectivity index (χ3n) is 3.10. The molecule has 1 aliphatic heterocycles. The smallest absolute Gasteiger partial charge is 0.125 e. The van der Waals surface area contributed by atoms with E-state index in [0.717, 1.165) is 30.6 Å². The number of benzene rings is 1. The highest BCUT2D eigenvalue weighted by Gasteiger charge is 2.26. The molecule has 0 radical (unpaired) electrons. The second-order valence-electron chi connectivity index (χ2n) is 4.10. The summed E-state index contributed by atoms with van der Waals surface area (Å²) in [5, 5.41) is 7.55. The highest BCUT2D eigenvalue weighted by atomic mass is 19.1. The Morgan fingerprint density at radius 2 is 2.38 bits per heavy atom. The lowest BCUT2D eigenvalue weighted by atomic mass is 10.1. The summed E-state index contributed by atoms with van der Waals surface area (Å²) in [6, 6.07) is 4.73. The third-order valence-corrected chi connectivity index (χ3v) is 3.10. The highest BCUT2D eigenvalue weighted by molar-refractivity contribution is 5.86. The molecule has 0 saturated heterocycles. The molecule has 0 aliphatic carbocycles. The molecule has 1 unspecified atom stereocenters. The van der Waals surface area contributed by atoms with Crippen LogP contribution in [0.4, 0.5) is 10.1 Å². The molecule has 1 heterocycles. The molecule has 1 aromatic rings. The van der Waals surface area contributed by atoms with Crippen LogP contribution in [0.5, 0.6) is 0 Å². The molecule has 3 N–H and O–H groups in total. The fourth-order valence-corrected chi connectivity index (χ4v) is 2.31. The summed E-state index contributed by atoms with van der Waals surface area (Å²) in [6.45, 7) is 2.81. The number of amidine groups is 1. The van der Waals surface area contributed by atoms with Crippen molar-refractivity contribution in [3.63, 3.8) is 0 Å². The topological polar surface area (TPSA) is 53.1 Å². The van der Waals surface area contributed by atoms with Crippen molar-refractivity contribution in [1.29, 1.82) is 5.41 Å². The lowest BCUT2D eigenvalue weighted by molar-refractivity contribution is 0.626. The number of anilines is 1. The second kappa shape index (κ2) is 4.12. The minimum Gasteiger partial charge on any atom is -0.386 e. The molecule has 1 atom stereocenters. The second-order valence-corrected chi connectivity index (χ2v) is 4.10. The lowest BCUT2D eigenvalue weighted by Crippen LogP contribution is -2.43. The molecular weight excluding hydrogens is 205 g/mol. The Kier molecular flexibility index (Phi) is 2.81. The fourth-order valence-electron chi connectivity index (χ4n) is 2.31. The number of hydrogen-bond donors (Lipinski definition) is 2. The SMILES string of the molecule is CCC(C(=N)N)N1CCc2ccc(F)cc21. The van der Waals surface area contributed by atoms with E-state index in [9.17, 15) is 4.39 Å². The monoisotopic (exact) mass is 221 g/mol. The van der Waals surface area contributed by atoms with Crippen molar-refractivity contribution in [3.8, 4) is 0 Å². The summed E-state index contributed by atoms with van der Waals surface area (Å²) in [5.41, 5.74) is 7.60. The molecule has 2 rings (SSSR count). The zero-order chi connectivity index (χ0) is 11.7. The van der Waals surface area contributed by atoms with Crippen molar-refractivity contribution in [2.75, 3.05) is 11.4 Å². The van der Waals surface area contributed by atoms with Crippen LogP contribution in [0.3, 0.4) is 0 Å². The van der Waals surface area contributed by atoms with Gasteiger partial charge in [0.05, 0.1) is 6.04 Å². The van der Waals surface area contributed by atoms with E-state index in [1.165, 1.54) is 12.1 Å². The molecule has 86 valence electrons. The van der Waals surface area contributed by atoms with Gasteiger partial charge in [0.25, 0.3) is 0 Å². The summed E-state index contributed by atoms with van der Waals surface area (Å²) in [5.74, 6) is -0.0799. The summed E-state index contributed by atoms with van der Waals surface area (Å²) < 4.78 is 13.2. The van der Waals surface area contributed by atoms with Crippen molar-refractivity contribution >= 4 is 11.5 Å². The number of hydrogen-bond acceptors (Lipinski definition) is 2. The molecule has 4 heteroatoms. The van der Waals surface area contributed by atoms with Gasteiger partial charge in [-0.3, -0.25) is 5.41 Å². The van der Waals surface area contributed by atoms with Crippen LogP contribution in [0.2, 0.25) is 0 Å². The first kappa shape index (κ1) is 10.9. The quantitative estimate of drug-likeness (QED) is 0.605. The Labute approximate surface area is 94.6 Å². The maximum Gasteiger partial charge on any atom is 0.125 e. The Morgan fingerprint density at radius 3 is 3.00 bits per heavy atom. The van der Waals surface area contributed by atoms with Crippen molar-refractivity contribution in [2.24, 2.45) is 5.73 Å². The largest absolute Gasteiger partial charge is 0.386 e. The number of nitrogens with one attached hydrogen (secondary N) is 1. The van der Waals surface area contributed by atoms with E-state index in [1.54, 1.807) is 0 Å². The first-order valence-corrected chi connectivity index (χ1v) is 5.52. The molecule has 0 spiro atoms. The van der Waals surface area contributed by atoms with E-state index in [0.29, 0.717) is 0 Å². The van der Waals surface area contributed by atoms with Gasteiger partial charge in [0.1, 0.15) is 11.7 Å². The summed E-state index contributed by atoms with van der Waals surface area (Å²) in [4.78, 5) is 2.03. The molecule has 0 bridgehead atoms. The van der Waals surface area contributed by atoms with E-state index < -0.39 is 0 Å².